The Bertz CT molecular complexity index is 829. The molecule has 0 amide bonds. The van der Waals surface area contributed by atoms with Crippen LogP contribution in [0.1, 0.15) is 40.9 Å². The van der Waals surface area contributed by atoms with Gasteiger partial charge in [-0.1, -0.05) is 54.1 Å². The van der Waals surface area contributed by atoms with Gasteiger partial charge in [0.2, 0.25) is 0 Å². The molecule has 1 N–H and O–H groups in total. The minimum absolute atomic E-state index is 0.137. The molecule has 0 aliphatic rings. The normalized spacial score (nSPS) is 10.6. The van der Waals surface area contributed by atoms with Crippen molar-refractivity contribution in [2.75, 3.05) is 14.2 Å². The Morgan fingerprint density at radius 3 is 2.31 bits per heavy atom. The largest absolute Gasteiger partial charge is 0.496 e. The Balaban J connectivity index is 2.62. The van der Waals surface area contributed by atoms with Gasteiger partial charge in [-0.3, -0.25) is 0 Å². The molecular weight excluding hydrogens is 328 g/mol. The molecule has 0 atom stereocenters. The van der Waals surface area contributed by atoms with Crippen molar-refractivity contribution in [2.45, 2.75) is 20.3 Å². The summed E-state index contributed by atoms with van der Waals surface area (Å²) in [6, 6.07) is 11.5. The van der Waals surface area contributed by atoms with Crippen LogP contribution in [0.2, 0.25) is 0 Å². The minimum Gasteiger partial charge on any atom is -0.496 e. The van der Waals surface area contributed by atoms with Gasteiger partial charge < -0.3 is 14.6 Å². The lowest BCUT2D eigenvalue weighted by Crippen LogP contribution is -2.08. The van der Waals surface area contributed by atoms with Crippen LogP contribution in [0.4, 0.5) is 0 Å². The third-order valence-electron chi connectivity index (χ3n) is 3.98. The van der Waals surface area contributed by atoms with Crippen molar-refractivity contribution < 1.29 is 19.4 Å². The van der Waals surface area contributed by atoms with Crippen molar-refractivity contribution in [2.24, 2.45) is 0 Å². The van der Waals surface area contributed by atoms with E-state index in [2.05, 4.69) is 0 Å². The summed E-state index contributed by atoms with van der Waals surface area (Å²) in [5.74, 6) is -0.0882. The van der Waals surface area contributed by atoms with Gasteiger partial charge in [-0.2, -0.15) is 0 Å². The maximum Gasteiger partial charge on any atom is 0.340 e. The van der Waals surface area contributed by atoms with Gasteiger partial charge in [-0.25, -0.2) is 4.79 Å². The van der Waals surface area contributed by atoms with E-state index in [-0.39, 0.29) is 5.56 Å². The molecule has 136 valence electrons. The number of methoxy groups -OCH3 is 2. The van der Waals surface area contributed by atoms with Gasteiger partial charge in [-0.15, -0.1) is 0 Å². The van der Waals surface area contributed by atoms with E-state index in [4.69, 9.17) is 9.47 Å². The summed E-state index contributed by atoms with van der Waals surface area (Å²) in [6.45, 7) is 3.99. The van der Waals surface area contributed by atoms with E-state index >= 15 is 0 Å². The first-order valence-corrected chi connectivity index (χ1v) is 8.35. The van der Waals surface area contributed by atoms with Crippen LogP contribution in [-0.4, -0.2) is 25.3 Å². The zero-order chi connectivity index (χ0) is 19.1. The lowest BCUT2D eigenvalue weighted by atomic mass is 9.97. The quantitative estimate of drug-likeness (QED) is 0.557. The highest BCUT2D eigenvalue weighted by Gasteiger charge is 2.22. The van der Waals surface area contributed by atoms with E-state index < -0.39 is 5.97 Å². The Morgan fingerprint density at radius 1 is 1.08 bits per heavy atom. The zero-order valence-corrected chi connectivity index (χ0v) is 15.6. The molecule has 0 unspecified atom stereocenters. The molecule has 0 radical (unpaired) electrons. The van der Waals surface area contributed by atoms with Crippen molar-refractivity contribution in [3.05, 3.63) is 70.3 Å². The topological polar surface area (TPSA) is 55.8 Å². The number of ether oxygens (including phenoxy) is 2. The molecule has 0 fully saturated rings. The molecule has 0 aliphatic heterocycles. The summed E-state index contributed by atoms with van der Waals surface area (Å²) < 4.78 is 11.0. The van der Waals surface area contributed by atoms with Gasteiger partial charge in [0.1, 0.15) is 17.1 Å². The molecule has 4 nitrogen and oxygen atoms in total. The number of hydrogen-bond donors (Lipinski definition) is 1. The van der Waals surface area contributed by atoms with Crippen LogP contribution < -0.4 is 9.47 Å². The predicted octanol–water partition coefficient (Wildman–Crippen LogP) is 5.08. The number of hydrogen-bond acceptors (Lipinski definition) is 3. The first-order valence-electron chi connectivity index (χ1n) is 8.35. The fourth-order valence-electron chi connectivity index (χ4n) is 2.70. The van der Waals surface area contributed by atoms with Gasteiger partial charge in [-0.05, 0) is 37.5 Å². The molecule has 0 spiro atoms. The molecule has 2 rings (SSSR count). The number of rotatable bonds is 7. The number of aromatic carboxylic acids is 1. The zero-order valence-electron chi connectivity index (χ0n) is 15.6. The number of carboxylic acid groups (broad SMARTS) is 1. The molecule has 4 heteroatoms. The highest BCUT2D eigenvalue weighted by atomic mass is 16.5. The fraction of sp³-hybridized carbons (Fsp3) is 0.227. The van der Waals surface area contributed by atoms with Crippen molar-refractivity contribution >= 4 is 18.1 Å². The van der Waals surface area contributed by atoms with E-state index in [1.165, 1.54) is 7.11 Å². The Kier molecular flexibility index (Phi) is 6.61. The molecule has 26 heavy (non-hydrogen) atoms. The second kappa shape index (κ2) is 8.90. The van der Waals surface area contributed by atoms with Crippen LogP contribution in [0.5, 0.6) is 11.5 Å². The number of allylic oxidation sites excluding steroid dienone is 2. The lowest BCUT2D eigenvalue weighted by molar-refractivity contribution is 0.0693. The molecule has 0 bridgehead atoms. The molecule has 0 saturated carbocycles. The third kappa shape index (κ3) is 4.54. The molecule has 2 aromatic rings. The Morgan fingerprint density at radius 2 is 1.77 bits per heavy atom. The van der Waals surface area contributed by atoms with Gasteiger partial charge in [0.05, 0.1) is 14.2 Å². The van der Waals surface area contributed by atoms with Gasteiger partial charge in [0.15, 0.2) is 0 Å². The standard InChI is InChI=1S/C22H24O4/c1-15(2)10-13-18-19(25-3)14-17(20(22(23)24)21(18)26-4)12-11-16-8-6-5-7-9-16/h5-12,14H,13H2,1-4H3,(H,23,24). The monoisotopic (exact) mass is 352 g/mol. The minimum atomic E-state index is -1.03. The van der Waals surface area contributed by atoms with Gasteiger partial charge in [0, 0.05) is 5.56 Å². The summed E-state index contributed by atoms with van der Waals surface area (Å²) in [6.07, 6.45) is 6.20. The van der Waals surface area contributed by atoms with Crippen LogP contribution in [0.15, 0.2) is 48.0 Å². The average molecular weight is 352 g/mol. The number of carboxylic acids is 1. The van der Waals surface area contributed by atoms with Crippen molar-refractivity contribution in [1.82, 2.24) is 0 Å². The Hall–Kier alpha value is -3.01. The average Bonchev–Trinajstić information content (AvgIpc) is 2.64. The maximum atomic E-state index is 11.9. The molecule has 0 aliphatic carbocycles. The summed E-state index contributed by atoms with van der Waals surface area (Å²) in [7, 11) is 3.06. The smallest absolute Gasteiger partial charge is 0.340 e. The van der Waals surface area contributed by atoms with Crippen LogP contribution in [0.3, 0.4) is 0 Å². The first-order chi connectivity index (χ1) is 12.5. The van der Waals surface area contributed by atoms with E-state index in [0.29, 0.717) is 23.5 Å². The molecular formula is C22H24O4. The SMILES string of the molecule is COc1cc(C=Cc2ccccc2)c(C(=O)O)c(OC)c1CC=C(C)C. The Labute approximate surface area is 154 Å². The third-order valence-corrected chi connectivity index (χ3v) is 3.98. The van der Waals surface area contributed by atoms with Crippen LogP contribution >= 0.6 is 0 Å². The second-order valence-corrected chi connectivity index (χ2v) is 6.09. The molecule has 0 saturated heterocycles. The number of benzene rings is 2. The van der Waals surface area contributed by atoms with Crippen LogP contribution in [-0.2, 0) is 6.42 Å². The van der Waals surface area contributed by atoms with Crippen LogP contribution in [0, 0.1) is 0 Å². The molecule has 0 heterocycles. The maximum absolute atomic E-state index is 11.9. The summed E-state index contributed by atoms with van der Waals surface area (Å²) in [5, 5.41) is 9.77. The van der Waals surface area contributed by atoms with Crippen LogP contribution in [0.25, 0.3) is 12.2 Å². The first kappa shape index (κ1) is 19.3. The number of carbonyl (C=O) groups is 1. The van der Waals surface area contributed by atoms with E-state index in [1.807, 2.05) is 56.3 Å². The highest BCUT2D eigenvalue weighted by Crippen LogP contribution is 2.37. The van der Waals surface area contributed by atoms with Crippen molar-refractivity contribution in [3.8, 4) is 11.5 Å². The second-order valence-electron chi connectivity index (χ2n) is 6.09. The lowest BCUT2D eigenvalue weighted by Gasteiger charge is -2.17. The fourth-order valence-corrected chi connectivity index (χ4v) is 2.70. The van der Waals surface area contributed by atoms with E-state index in [0.717, 1.165) is 16.7 Å². The molecule has 2 aromatic carbocycles. The van der Waals surface area contributed by atoms with Gasteiger partial charge in [0.25, 0.3) is 0 Å². The highest BCUT2D eigenvalue weighted by molar-refractivity contribution is 5.97. The van der Waals surface area contributed by atoms with Crippen molar-refractivity contribution in [1.29, 1.82) is 0 Å². The van der Waals surface area contributed by atoms with E-state index in [9.17, 15) is 9.90 Å². The summed E-state index contributed by atoms with van der Waals surface area (Å²) in [5.41, 5.74) is 3.52. The predicted molar refractivity (Wildman–Crippen MR) is 105 cm³/mol. The van der Waals surface area contributed by atoms with Crippen molar-refractivity contribution in [3.63, 3.8) is 0 Å². The summed E-state index contributed by atoms with van der Waals surface area (Å²) in [4.78, 5) is 11.9. The van der Waals surface area contributed by atoms with E-state index in [1.54, 1.807) is 19.3 Å². The summed E-state index contributed by atoms with van der Waals surface area (Å²) >= 11 is 0. The van der Waals surface area contributed by atoms with Gasteiger partial charge >= 0.3 is 5.97 Å². The molecule has 0 aromatic heterocycles.